The average molecular weight is 975 g/mol. The van der Waals surface area contributed by atoms with Crippen LogP contribution < -0.4 is 0 Å². The van der Waals surface area contributed by atoms with Crippen molar-refractivity contribution in [2.45, 2.75) is 108 Å². The Kier molecular flexibility index (Phi) is 19.3. The quantitative estimate of drug-likeness (QED) is 0.0551. The predicted molar refractivity (Wildman–Crippen MR) is 271 cm³/mol. The first-order valence-corrected chi connectivity index (χ1v) is 24.7. The molecule has 0 saturated carbocycles. The summed E-state index contributed by atoms with van der Waals surface area (Å²) in [6, 6.07) is 69.0. The van der Waals surface area contributed by atoms with Crippen LogP contribution in [0, 0.1) is 0 Å². The lowest BCUT2D eigenvalue weighted by atomic mass is 9.97. The van der Waals surface area contributed by atoms with Crippen LogP contribution in [0.25, 0.3) is 0 Å². The van der Waals surface area contributed by atoms with Gasteiger partial charge in [0.15, 0.2) is 6.29 Å². The molecule has 2 heterocycles. The number of ether oxygens (including phenoxy) is 10. The van der Waals surface area contributed by atoms with Crippen LogP contribution in [0.1, 0.15) is 38.9 Å². The molecule has 11 heteroatoms. The molecule has 0 aromatic heterocycles. The topological polar surface area (TPSA) is 92.3 Å². The van der Waals surface area contributed by atoms with E-state index in [0.717, 1.165) is 38.9 Å². The highest BCUT2D eigenvalue weighted by Crippen LogP contribution is 2.35. The van der Waals surface area contributed by atoms with Crippen molar-refractivity contribution in [2.24, 2.45) is 0 Å². The van der Waals surface area contributed by atoms with E-state index in [-0.39, 0.29) is 52.9 Å². The van der Waals surface area contributed by atoms with E-state index in [4.69, 9.17) is 47.4 Å². The van der Waals surface area contributed by atoms with E-state index < -0.39 is 61.5 Å². The van der Waals surface area contributed by atoms with Gasteiger partial charge in [0.1, 0.15) is 48.8 Å². The smallest absolute Gasteiger partial charge is 0.228 e. The lowest BCUT2D eigenvalue weighted by molar-refractivity contribution is -0.344. The van der Waals surface area contributed by atoms with Crippen molar-refractivity contribution in [3.8, 4) is 0 Å². The van der Waals surface area contributed by atoms with Gasteiger partial charge in [0, 0.05) is 0 Å². The largest absolute Gasteiger partial charge is 0.374 e. The van der Waals surface area contributed by atoms with Gasteiger partial charge >= 0.3 is 0 Å². The van der Waals surface area contributed by atoms with Gasteiger partial charge in [-0.25, -0.2) is 4.39 Å². The van der Waals surface area contributed by atoms with Crippen LogP contribution >= 0.6 is 0 Å². The second-order valence-electron chi connectivity index (χ2n) is 18.0. The average Bonchev–Trinajstić information content (AvgIpc) is 3.44. The van der Waals surface area contributed by atoms with Crippen LogP contribution in [0.4, 0.5) is 4.39 Å². The molecule has 0 bridgehead atoms. The van der Waals surface area contributed by atoms with Crippen LogP contribution in [0.3, 0.4) is 0 Å². The van der Waals surface area contributed by atoms with Gasteiger partial charge in [-0.05, 0) is 38.9 Å². The molecular formula is C61H63FO10. The number of rotatable bonds is 25. The first-order valence-electron chi connectivity index (χ1n) is 24.7. The fourth-order valence-electron chi connectivity index (χ4n) is 8.94. The lowest BCUT2D eigenvalue weighted by Crippen LogP contribution is -2.63. The Bertz CT molecular complexity index is 2550. The predicted octanol–water partition coefficient (Wildman–Crippen LogP) is 11.2. The van der Waals surface area contributed by atoms with E-state index in [1.807, 2.05) is 212 Å². The highest BCUT2D eigenvalue weighted by atomic mass is 19.1. The first-order chi connectivity index (χ1) is 35.6. The monoisotopic (exact) mass is 974 g/mol. The highest BCUT2D eigenvalue weighted by molar-refractivity contribution is 5.19. The zero-order chi connectivity index (χ0) is 49.0. The Hall–Kier alpha value is -5.93. The molecule has 10 nitrogen and oxygen atoms in total. The molecule has 0 radical (unpaired) electrons. The standard InChI is InChI=1S/C61H63FO10/c62-60-58(68-41-50-32-18-6-19-33-50)56(66-39-48-28-14-4-15-29-48)55(65-38-47-26-12-3-13-27-47)53(71-60)44-70-61-59(69-42-51-34-20-7-21-35-51)57(67-40-49-30-16-5-17-31-49)54(64-37-46-24-10-2-11-25-46)52(72-61)43-63-36-45-22-8-1-9-23-45/h1-35,52-61H,36-44H2/t52-,53-,54-,55-,56+,57+,58-,59-,60+,61-/m1/s1. The van der Waals surface area contributed by atoms with Crippen LogP contribution in [0.2, 0.25) is 0 Å². The third kappa shape index (κ3) is 14.8. The third-order valence-electron chi connectivity index (χ3n) is 12.7. The van der Waals surface area contributed by atoms with Gasteiger partial charge in [0.25, 0.3) is 0 Å². The molecule has 0 spiro atoms. The summed E-state index contributed by atoms with van der Waals surface area (Å²) in [7, 11) is 0. The van der Waals surface area contributed by atoms with Crippen molar-refractivity contribution in [2.75, 3.05) is 13.2 Å². The van der Waals surface area contributed by atoms with Gasteiger partial charge in [-0.1, -0.05) is 212 Å². The first kappa shape index (κ1) is 51.0. The summed E-state index contributed by atoms with van der Waals surface area (Å²) < 4.78 is 84.2. The molecule has 7 aromatic rings. The van der Waals surface area contributed by atoms with Gasteiger partial charge in [-0.15, -0.1) is 0 Å². The summed E-state index contributed by atoms with van der Waals surface area (Å²) in [6.07, 6.45) is -9.93. The molecule has 0 amide bonds. The second-order valence-corrected chi connectivity index (χ2v) is 18.0. The SMILES string of the molecule is F[C@H]1O[C@H](CO[C@@H]2O[C@H](COCc3ccccc3)[C@@H](OCc3ccccc3)[C@H](OCc3ccccc3)[C@H]2OCc2ccccc2)[C@@H](OCc2ccccc2)[C@H](OCc2ccccc2)[C@H]1OCc1ccccc1. The van der Waals surface area contributed by atoms with Crippen molar-refractivity contribution in [3.63, 3.8) is 0 Å². The van der Waals surface area contributed by atoms with Gasteiger partial charge in [-0.3, -0.25) is 0 Å². The maximum absolute atomic E-state index is 17.0. The Labute approximate surface area is 422 Å². The maximum atomic E-state index is 17.0. The highest BCUT2D eigenvalue weighted by Gasteiger charge is 2.52. The molecule has 2 fully saturated rings. The molecule has 9 rings (SSSR count). The van der Waals surface area contributed by atoms with Gasteiger partial charge < -0.3 is 47.4 Å². The lowest BCUT2D eigenvalue weighted by Gasteiger charge is -2.47. The minimum atomic E-state index is -1.91. The summed E-state index contributed by atoms with van der Waals surface area (Å²) in [4.78, 5) is 0. The van der Waals surface area contributed by atoms with E-state index in [2.05, 4.69) is 0 Å². The second kappa shape index (κ2) is 27.2. The molecule has 2 aliphatic rings. The van der Waals surface area contributed by atoms with E-state index >= 15 is 4.39 Å². The van der Waals surface area contributed by atoms with Gasteiger partial charge in [0.05, 0.1) is 59.5 Å². The van der Waals surface area contributed by atoms with E-state index in [9.17, 15) is 0 Å². The summed E-state index contributed by atoms with van der Waals surface area (Å²) in [5.41, 5.74) is 6.62. The molecular weight excluding hydrogens is 912 g/mol. The van der Waals surface area contributed by atoms with Gasteiger partial charge in [0.2, 0.25) is 6.36 Å². The summed E-state index contributed by atoms with van der Waals surface area (Å²) in [5, 5.41) is 0. The Morgan fingerprint density at radius 1 is 0.278 bits per heavy atom. The van der Waals surface area contributed by atoms with E-state index in [1.54, 1.807) is 0 Å². The molecule has 2 aliphatic heterocycles. The summed E-state index contributed by atoms with van der Waals surface area (Å²) in [6.45, 7) is 1.55. The Balaban J connectivity index is 1.04. The van der Waals surface area contributed by atoms with E-state index in [1.165, 1.54) is 0 Å². The number of benzene rings is 7. The van der Waals surface area contributed by atoms with Crippen molar-refractivity contribution in [1.29, 1.82) is 0 Å². The molecule has 10 atom stereocenters. The minimum Gasteiger partial charge on any atom is -0.374 e. The van der Waals surface area contributed by atoms with Crippen LogP contribution in [-0.4, -0.2) is 74.7 Å². The minimum absolute atomic E-state index is 0.134. The maximum Gasteiger partial charge on any atom is 0.228 e. The molecule has 2 saturated heterocycles. The molecule has 0 aliphatic carbocycles. The number of hydrogen-bond acceptors (Lipinski definition) is 10. The number of halogens is 1. The fraction of sp³-hybridized carbons (Fsp3) is 0.311. The van der Waals surface area contributed by atoms with Crippen molar-refractivity contribution < 1.29 is 51.8 Å². The van der Waals surface area contributed by atoms with Crippen molar-refractivity contribution in [1.82, 2.24) is 0 Å². The molecule has 72 heavy (non-hydrogen) atoms. The molecule has 374 valence electrons. The Morgan fingerprint density at radius 3 is 0.917 bits per heavy atom. The molecule has 0 N–H and O–H groups in total. The zero-order valence-electron chi connectivity index (χ0n) is 40.3. The van der Waals surface area contributed by atoms with Gasteiger partial charge in [-0.2, -0.15) is 0 Å². The molecule has 7 aromatic carbocycles. The number of hydrogen-bond donors (Lipinski definition) is 0. The molecule has 0 unspecified atom stereocenters. The summed E-state index contributed by atoms with van der Waals surface area (Å²) >= 11 is 0. The zero-order valence-corrected chi connectivity index (χ0v) is 40.3. The van der Waals surface area contributed by atoms with Crippen molar-refractivity contribution in [3.05, 3.63) is 251 Å². The van der Waals surface area contributed by atoms with Crippen LogP contribution in [-0.2, 0) is 93.6 Å². The number of alkyl halides is 1. The van der Waals surface area contributed by atoms with E-state index in [0.29, 0.717) is 6.61 Å². The third-order valence-corrected chi connectivity index (χ3v) is 12.7. The Morgan fingerprint density at radius 2 is 0.556 bits per heavy atom. The summed E-state index contributed by atoms with van der Waals surface area (Å²) in [5.74, 6) is 0. The normalized spacial score (nSPS) is 24.2. The fourth-order valence-corrected chi connectivity index (χ4v) is 8.94. The van der Waals surface area contributed by atoms with Crippen molar-refractivity contribution >= 4 is 0 Å². The van der Waals surface area contributed by atoms with Crippen LogP contribution in [0.15, 0.2) is 212 Å². The van der Waals surface area contributed by atoms with Crippen LogP contribution in [0.5, 0.6) is 0 Å².